The van der Waals surface area contributed by atoms with E-state index in [1.165, 1.54) is 33.3 Å². The molecule has 3 aromatic rings. The highest BCUT2D eigenvalue weighted by molar-refractivity contribution is 6.90. The van der Waals surface area contributed by atoms with E-state index in [0.717, 1.165) is 12.8 Å². The molecule has 1 aliphatic rings. The summed E-state index contributed by atoms with van der Waals surface area (Å²) in [5.74, 6) is 0. The largest absolute Gasteiger partial charge is 0.397 e. The fourth-order valence-corrected chi connectivity index (χ4v) is 5.36. The van der Waals surface area contributed by atoms with E-state index in [2.05, 4.69) is 135 Å². The lowest BCUT2D eigenvalue weighted by atomic mass is 9.44. The highest BCUT2D eigenvalue weighted by Crippen LogP contribution is 2.44. The van der Waals surface area contributed by atoms with Gasteiger partial charge in [-0.15, -0.1) is 0 Å². The molecule has 0 aliphatic carbocycles. The van der Waals surface area contributed by atoms with Gasteiger partial charge in [-0.3, -0.25) is 0 Å². The molecule has 4 rings (SSSR count). The maximum atomic E-state index is 4.24. The van der Waals surface area contributed by atoms with Crippen LogP contribution in [0.1, 0.15) is 33.6 Å². The van der Waals surface area contributed by atoms with Crippen LogP contribution in [-0.2, 0) is 0 Å². The van der Waals surface area contributed by atoms with Gasteiger partial charge in [0.1, 0.15) is 0 Å². The summed E-state index contributed by atoms with van der Waals surface area (Å²) in [5, 5.41) is 0. The summed E-state index contributed by atoms with van der Waals surface area (Å²) < 4.78 is 0. The molecule has 0 amide bonds. The Balaban J connectivity index is 2.08. The number of para-hydroxylation sites is 1. The zero-order chi connectivity index (χ0) is 22.6. The molecule has 1 nitrogen and oxygen atoms in total. The number of rotatable bonds is 7. The van der Waals surface area contributed by atoms with Gasteiger partial charge in [-0.1, -0.05) is 123 Å². The monoisotopic (exact) mass is 417 g/mol. The SMILES string of the molecule is C=C/C(=C\C=C/C)C(CC)(CC)N1B(c2ccccc2)c2ccccc2-c2ccccc21. The summed E-state index contributed by atoms with van der Waals surface area (Å²) in [5.41, 5.74) is 7.66. The number of anilines is 1. The Morgan fingerprint density at radius 3 is 2.16 bits per heavy atom. The zero-order valence-electron chi connectivity index (χ0n) is 19.5. The van der Waals surface area contributed by atoms with Crippen molar-refractivity contribution in [1.29, 1.82) is 0 Å². The number of hydrogen-bond acceptors (Lipinski definition) is 1. The average Bonchev–Trinajstić information content (AvgIpc) is 2.87. The van der Waals surface area contributed by atoms with Crippen LogP contribution in [0.3, 0.4) is 0 Å². The summed E-state index contributed by atoms with van der Waals surface area (Å²) in [4.78, 5) is 2.68. The second-order valence-electron chi connectivity index (χ2n) is 8.38. The van der Waals surface area contributed by atoms with Crippen molar-refractivity contribution in [2.45, 2.75) is 39.2 Å². The van der Waals surface area contributed by atoms with Gasteiger partial charge in [-0.05, 0) is 42.4 Å². The molecule has 0 bridgehead atoms. The first-order valence-electron chi connectivity index (χ1n) is 11.7. The molecule has 0 aromatic heterocycles. The van der Waals surface area contributed by atoms with Crippen molar-refractivity contribution in [2.24, 2.45) is 0 Å². The molecule has 0 N–H and O–H groups in total. The van der Waals surface area contributed by atoms with Crippen LogP contribution in [0.25, 0.3) is 11.1 Å². The maximum absolute atomic E-state index is 4.24. The van der Waals surface area contributed by atoms with Crippen LogP contribution in [0, 0.1) is 0 Å². The van der Waals surface area contributed by atoms with Crippen LogP contribution in [0.2, 0.25) is 0 Å². The van der Waals surface area contributed by atoms with E-state index in [-0.39, 0.29) is 12.4 Å². The third kappa shape index (κ3) is 3.54. The summed E-state index contributed by atoms with van der Waals surface area (Å²) in [6.07, 6.45) is 10.5. The minimum absolute atomic E-state index is 0.121. The Morgan fingerprint density at radius 2 is 1.50 bits per heavy atom. The smallest absolute Gasteiger partial charge is 0.324 e. The maximum Gasteiger partial charge on any atom is 0.324 e. The first-order valence-corrected chi connectivity index (χ1v) is 11.7. The van der Waals surface area contributed by atoms with Gasteiger partial charge in [0.15, 0.2) is 0 Å². The Kier molecular flexibility index (Phi) is 6.51. The topological polar surface area (TPSA) is 3.24 Å². The first-order chi connectivity index (χ1) is 15.7. The minimum atomic E-state index is -0.189. The van der Waals surface area contributed by atoms with E-state index in [4.69, 9.17) is 0 Å². The minimum Gasteiger partial charge on any atom is -0.397 e. The van der Waals surface area contributed by atoms with Crippen molar-refractivity contribution in [3.05, 3.63) is 115 Å². The van der Waals surface area contributed by atoms with Crippen LogP contribution < -0.4 is 15.7 Å². The zero-order valence-corrected chi connectivity index (χ0v) is 19.5. The molecule has 160 valence electrons. The van der Waals surface area contributed by atoms with Crippen LogP contribution >= 0.6 is 0 Å². The van der Waals surface area contributed by atoms with Crippen molar-refractivity contribution in [2.75, 3.05) is 4.81 Å². The van der Waals surface area contributed by atoms with Gasteiger partial charge in [0.25, 0.3) is 0 Å². The summed E-state index contributed by atoms with van der Waals surface area (Å²) in [7, 11) is 0. The lowest BCUT2D eigenvalue weighted by Gasteiger charge is -2.52. The van der Waals surface area contributed by atoms with Crippen LogP contribution in [0.4, 0.5) is 5.69 Å². The predicted molar refractivity (Wildman–Crippen MR) is 142 cm³/mol. The molecular formula is C30H32BN. The number of benzene rings is 3. The third-order valence-corrected chi connectivity index (χ3v) is 6.94. The van der Waals surface area contributed by atoms with Crippen molar-refractivity contribution in [3.8, 4) is 11.1 Å². The molecule has 3 aromatic carbocycles. The molecule has 0 radical (unpaired) electrons. The summed E-state index contributed by atoms with van der Waals surface area (Å²) >= 11 is 0. The Morgan fingerprint density at radius 1 is 0.875 bits per heavy atom. The third-order valence-electron chi connectivity index (χ3n) is 6.94. The molecule has 1 aliphatic heterocycles. The number of fused-ring (bicyclic) bond motifs is 3. The van der Waals surface area contributed by atoms with Gasteiger partial charge < -0.3 is 4.81 Å². The molecule has 32 heavy (non-hydrogen) atoms. The highest BCUT2D eigenvalue weighted by Gasteiger charge is 2.46. The lowest BCUT2D eigenvalue weighted by Crippen LogP contribution is -2.67. The average molecular weight is 417 g/mol. The predicted octanol–water partition coefficient (Wildman–Crippen LogP) is 6.53. The molecule has 2 heteroatoms. The Labute approximate surface area is 193 Å². The second kappa shape index (κ2) is 9.48. The summed E-state index contributed by atoms with van der Waals surface area (Å²) in [6, 6.07) is 28.7. The highest BCUT2D eigenvalue weighted by atomic mass is 15.2. The molecule has 1 heterocycles. The van der Waals surface area contributed by atoms with Crippen molar-refractivity contribution < 1.29 is 0 Å². The second-order valence-corrected chi connectivity index (χ2v) is 8.38. The van der Waals surface area contributed by atoms with Crippen molar-refractivity contribution in [1.82, 2.24) is 0 Å². The van der Waals surface area contributed by atoms with Gasteiger partial charge in [-0.25, -0.2) is 0 Å². The molecule has 0 fully saturated rings. The van der Waals surface area contributed by atoms with Crippen molar-refractivity contribution in [3.63, 3.8) is 0 Å². The van der Waals surface area contributed by atoms with Crippen molar-refractivity contribution >= 4 is 23.5 Å². The van der Waals surface area contributed by atoms with Crippen LogP contribution in [0.5, 0.6) is 0 Å². The fourth-order valence-electron chi connectivity index (χ4n) is 5.36. The standard InChI is InChI=1S/C30H32BN/c1-5-9-17-24(6-2)30(7-3,8-4)32-29-23-16-14-21-27(29)26-20-13-15-22-28(26)31(32)25-18-11-10-12-19-25/h5-6,9-23H,2,7-8H2,1,3-4H3/b9-5-,24-17+. The van der Waals surface area contributed by atoms with Gasteiger partial charge in [0, 0.05) is 11.3 Å². The van der Waals surface area contributed by atoms with E-state index in [1.807, 2.05) is 0 Å². The molecule has 0 atom stereocenters. The molecule has 0 saturated carbocycles. The first kappa shape index (κ1) is 22.0. The van der Waals surface area contributed by atoms with Crippen LogP contribution in [0.15, 0.2) is 115 Å². The number of hydrogen-bond donors (Lipinski definition) is 0. The van der Waals surface area contributed by atoms with E-state index in [9.17, 15) is 0 Å². The van der Waals surface area contributed by atoms with Gasteiger partial charge in [0.05, 0.1) is 5.54 Å². The number of nitrogens with zero attached hydrogens (tertiary/aromatic N) is 1. The van der Waals surface area contributed by atoms with E-state index >= 15 is 0 Å². The van der Waals surface area contributed by atoms with Gasteiger partial charge >= 0.3 is 6.85 Å². The Bertz CT molecular complexity index is 1140. The fraction of sp³-hybridized carbons (Fsp3) is 0.200. The van der Waals surface area contributed by atoms with E-state index in [1.54, 1.807) is 0 Å². The number of allylic oxidation sites excluding steroid dienone is 3. The summed E-state index contributed by atoms with van der Waals surface area (Å²) in [6.45, 7) is 11.0. The van der Waals surface area contributed by atoms with E-state index < -0.39 is 0 Å². The molecule has 0 spiro atoms. The van der Waals surface area contributed by atoms with E-state index in [0.29, 0.717) is 0 Å². The normalized spacial score (nSPS) is 13.8. The van der Waals surface area contributed by atoms with Gasteiger partial charge in [0.2, 0.25) is 0 Å². The lowest BCUT2D eigenvalue weighted by molar-refractivity contribution is 0.476. The van der Waals surface area contributed by atoms with Crippen LogP contribution in [-0.4, -0.2) is 12.4 Å². The molecule has 0 saturated heterocycles. The quantitative estimate of drug-likeness (QED) is 0.312. The molecule has 0 unspecified atom stereocenters. The Hall–Kier alpha value is -3.26. The van der Waals surface area contributed by atoms with Gasteiger partial charge in [-0.2, -0.15) is 0 Å². The molecular weight excluding hydrogens is 385 g/mol.